The Labute approximate surface area is 215 Å². The molecule has 1 N–H and O–H groups in total. The van der Waals surface area contributed by atoms with Crippen molar-refractivity contribution in [2.75, 3.05) is 43.0 Å². The molecule has 8 heteroatoms. The van der Waals surface area contributed by atoms with Crippen molar-refractivity contribution in [3.8, 4) is 0 Å². The second-order valence-corrected chi connectivity index (χ2v) is 9.87. The van der Waals surface area contributed by atoms with E-state index in [-0.39, 0.29) is 11.8 Å². The highest BCUT2D eigenvalue weighted by Crippen LogP contribution is 2.31. The van der Waals surface area contributed by atoms with Crippen molar-refractivity contribution >= 4 is 51.1 Å². The van der Waals surface area contributed by atoms with Gasteiger partial charge in [0.15, 0.2) is 10.9 Å². The number of esters is 1. The topological polar surface area (TPSA) is 61.9 Å². The molecule has 1 fully saturated rings. The molecule has 182 valence electrons. The van der Waals surface area contributed by atoms with Crippen LogP contribution in [-0.2, 0) is 11.2 Å². The lowest BCUT2D eigenvalue weighted by atomic mass is 10.1. The lowest BCUT2D eigenvalue weighted by molar-refractivity contribution is 0.0528. The van der Waals surface area contributed by atoms with Gasteiger partial charge < -0.3 is 19.9 Å². The third-order valence-corrected chi connectivity index (χ3v) is 7.34. The molecule has 4 rings (SSSR count). The molecule has 1 aliphatic heterocycles. The number of nitrogens with one attached hydrogen (secondary N) is 1. The number of hydrogen-bond donors (Lipinski definition) is 1. The van der Waals surface area contributed by atoms with Crippen molar-refractivity contribution in [1.82, 2.24) is 4.90 Å². The molecule has 2 heterocycles. The zero-order valence-electron chi connectivity index (χ0n) is 20.0. The number of thiocarbonyl (C=S) groups is 1. The molecule has 0 unspecified atom stereocenters. The number of piperazine rings is 1. The maximum absolute atomic E-state index is 12.6. The Morgan fingerprint density at radius 3 is 2.34 bits per heavy atom. The fourth-order valence-electron chi connectivity index (χ4n) is 4.03. The van der Waals surface area contributed by atoms with E-state index in [0.29, 0.717) is 17.3 Å². The van der Waals surface area contributed by atoms with Crippen LogP contribution in [0.2, 0.25) is 0 Å². The highest BCUT2D eigenvalue weighted by atomic mass is 32.1. The summed E-state index contributed by atoms with van der Waals surface area (Å²) in [6, 6.07) is 19.8. The predicted molar refractivity (Wildman–Crippen MR) is 146 cm³/mol. The Balaban J connectivity index is 1.41. The molecule has 0 aliphatic carbocycles. The smallest absolute Gasteiger partial charge is 0.341 e. The van der Waals surface area contributed by atoms with Gasteiger partial charge in [-0.25, -0.2) is 4.79 Å². The number of carbonyl (C=O) groups is 2. The van der Waals surface area contributed by atoms with E-state index in [0.717, 1.165) is 53.7 Å². The quantitative estimate of drug-likeness (QED) is 0.267. The Kier molecular flexibility index (Phi) is 8.15. The van der Waals surface area contributed by atoms with Crippen LogP contribution in [0.4, 0.5) is 10.7 Å². The van der Waals surface area contributed by atoms with Gasteiger partial charge in [-0.2, -0.15) is 0 Å². The van der Waals surface area contributed by atoms with Crippen LogP contribution in [0.25, 0.3) is 0 Å². The summed E-state index contributed by atoms with van der Waals surface area (Å²) in [4.78, 5) is 29.6. The molecule has 0 spiro atoms. The van der Waals surface area contributed by atoms with Gasteiger partial charge in [0.05, 0.1) is 12.2 Å². The van der Waals surface area contributed by atoms with Crippen LogP contribution in [0.15, 0.2) is 60.7 Å². The molecule has 1 aromatic heterocycles. The number of nitrogens with zero attached hydrogens (tertiary/aromatic N) is 2. The minimum atomic E-state index is -0.341. The summed E-state index contributed by atoms with van der Waals surface area (Å²) in [6.07, 6.45) is 0.743. The van der Waals surface area contributed by atoms with E-state index >= 15 is 0 Å². The zero-order valence-corrected chi connectivity index (χ0v) is 21.6. The van der Waals surface area contributed by atoms with E-state index in [9.17, 15) is 9.59 Å². The van der Waals surface area contributed by atoms with Crippen LogP contribution < -0.4 is 10.2 Å². The fraction of sp³-hybridized carbons (Fsp3) is 0.296. The zero-order chi connectivity index (χ0) is 24.8. The van der Waals surface area contributed by atoms with Crippen LogP contribution >= 0.6 is 23.6 Å². The van der Waals surface area contributed by atoms with Crippen LogP contribution in [-0.4, -0.2) is 54.6 Å². The molecule has 1 aliphatic rings. The molecule has 6 nitrogen and oxygen atoms in total. The Bertz CT molecular complexity index is 1180. The number of Topliss-reactive ketones (excluding diaryl/α,β-unsaturated/α-hetero) is 1. The SMILES string of the molecule is CCOC(=O)c1cc(Cc2ccccc2)sc1NC(=S)N1CCN(c2ccc(C(C)=O)cc2)CC1. The normalized spacial score (nSPS) is 13.4. The van der Waals surface area contributed by atoms with Crippen LogP contribution in [0.3, 0.4) is 0 Å². The van der Waals surface area contributed by atoms with Gasteiger partial charge in [-0.1, -0.05) is 30.3 Å². The summed E-state index contributed by atoms with van der Waals surface area (Å²) in [5.74, 6) is -0.271. The number of rotatable bonds is 7. The first-order chi connectivity index (χ1) is 16.9. The molecule has 1 saturated heterocycles. The minimum Gasteiger partial charge on any atom is -0.462 e. The molecule has 3 aromatic rings. The van der Waals surface area contributed by atoms with Crippen molar-refractivity contribution < 1.29 is 14.3 Å². The fourth-order valence-corrected chi connectivity index (χ4v) is 5.46. The van der Waals surface area contributed by atoms with Crippen LogP contribution in [0, 0.1) is 0 Å². The minimum absolute atomic E-state index is 0.0699. The van der Waals surface area contributed by atoms with E-state index in [1.165, 1.54) is 16.9 Å². The molecule has 0 bridgehead atoms. The molecule has 0 saturated carbocycles. The number of thiophene rings is 1. The van der Waals surface area contributed by atoms with E-state index in [4.69, 9.17) is 17.0 Å². The molecular formula is C27H29N3O3S2. The van der Waals surface area contributed by atoms with Crippen molar-refractivity contribution in [1.29, 1.82) is 0 Å². The number of carbonyl (C=O) groups excluding carboxylic acids is 2. The maximum atomic E-state index is 12.6. The second kappa shape index (κ2) is 11.5. The number of anilines is 2. The second-order valence-electron chi connectivity index (χ2n) is 8.35. The van der Waals surface area contributed by atoms with Crippen molar-refractivity contribution in [3.63, 3.8) is 0 Å². The number of ketones is 1. The highest BCUT2D eigenvalue weighted by molar-refractivity contribution is 7.80. The van der Waals surface area contributed by atoms with E-state index < -0.39 is 0 Å². The summed E-state index contributed by atoms with van der Waals surface area (Å²) >= 11 is 7.26. The molecule has 0 atom stereocenters. The Hall–Kier alpha value is -3.23. The molecular weight excluding hydrogens is 478 g/mol. The van der Waals surface area contributed by atoms with E-state index in [1.54, 1.807) is 13.8 Å². The van der Waals surface area contributed by atoms with Crippen molar-refractivity contribution in [2.24, 2.45) is 0 Å². The van der Waals surface area contributed by atoms with Gasteiger partial charge in [0.25, 0.3) is 0 Å². The van der Waals surface area contributed by atoms with Crippen LogP contribution in [0.5, 0.6) is 0 Å². The lowest BCUT2D eigenvalue weighted by Gasteiger charge is -2.37. The molecule has 0 amide bonds. The predicted octanol–water partition coefficient (Wildman–Crippen LogP) is 5.24. The summed E-state index contributed by atoms with van der Waals surface area (Å²) in [6.45, 7) is 6.86. The van der Waals surface area contributed by atoms with Gasteiger partial charge in [-0.15, -0.1) is 11.3 Å². The van der Waals surface area contributed by atoms with Gasteiger partial charge in [0, 0.05) is 48.7 Å². The summed E-state index contributed by atoms with van der Waals surface area (Å²) in [5.41, 5.74) is 3.53. The number of ether oxygens (including phenoxy) is 1. The highest BCUT2D eigenvalue weighted by Gasteiger charge is 2.23. The van der Waals surface area contributed by atoms with Crippen molar-refractivity contribution in [2.45, 2.75) is 20.3 Å². The first-order valence-electron chi connectivity index (χ1n) is 11.7. The number of benzene rings is 2. The van der Waals surface area contributed by atoms with E-state index in [2.05, 4.69) is 27.2 Å². The average molecular weight is 508 g/mol. The summed E-state index contributed by atoms with van der Waals surface area (Å²) in [7, 11) is 0. The lowest BCUT2D eigenvalue weighted by Crippen LogP contribution is -2.50. The maximum Gasteiger partial charge on any atom is 0.341 e. The molecule has 0 radical (unpaired) electrons. The van der Waals surface area contributed by atoms with Crippen LogP contribution in [0.1, 0.15) is 45.0 Å². The van der Waals surface area contributed by atoms with Gasteiger partial charge in [-0.3, -0.25) is 4.79 Å². The number of hydrogen-bond acceptors (Lipinski definition) is 6. The first-order valence-corrected chi connectivity index (χ1v) is 12.9. The molecule has 2 aromatic carbocycles. The summed E-state index contributed by atoms with van der Waals surface area (Å²) < 4.78 is 5.29. The Morgan fingerprint density at radius 2 is 1.71 bits per heavy atom. The monoisotopic (exact) mass is 507 g/mol. The summed E-state index contributed by atoms with van der Waals surface area (Å²) in [5, 5.41) is 4.65. The van der Waals surface area contributed by atoms with Gasteiger partial charge >= 0.3 is 5.97 Å². The van der Waals surface area contributed by atoms with E-state index in [1.807, 2.05) is 48.5 Å². The largest absolute Gasteiger partial charge is 0.462 e. The standard InChI is InChI=1S/C27H29N3O3S2/c1-3-33-26(32)24-18-23(17-20-7-5-4-6-8-20)35-25(24)28-27(34)30-15-13-29(14-16-30)22-11-9-21(10-12-22)19(2)31/h4-12,18H,3,13-17H2,1-2H3,(H,28,34). The van der Waals surface area contributed by atoms with Gasteiger partial charge in [0.1, 0.15) is 5.00 Å². The third-order valence-electron chi connectivity index (χ3n) is 5.93. The van der Waals surface area contributed by atoms with Gasteiger partial charge in [0.2, 0.25) is 0 Å². The van der Waals surface area contributed by atoms with Gasteiger partial charge in [-0.05, 0) is 62.0 Å². The molecule has 35 heavy (non-hydrogen) atoms. The Morgan fingerprint density at radius 1 is 1.03 bits per heavy atom. The van der Waals surface area contributed by atoms with Crippen molar-refractivity contribution in [3.05, 3.63) is 82.2 Å². The third kappa shape index (κ3) is 6.26. The first kappa shape index (κ1) is 24.9. The average Bonchev–Trinajstić information content (AvgIpc) is 3.27.